The molecule has 0 radical (unpaired) electrons. The van der Waals surface area contributed by atoms with Crippen molar-refractivity contribution in [1.82, 2.24) is 18.6 Å². The van der Waals surface area contributed by atoms with E-state index in [9.17, 15) is 24.0 Å². The standard InChI is InChI=1S/C15H16N4O5/c1-3-7-17-13(22)18(8-4-2)15(24)19(14(17)23)10-9-16-11(20)5-6-12(16)21/h3-6H,1-2,7-10H2. The Balaban J connectivity index is 2.47. The average Bonchev–Trinajstić information content (AvgIpc) is 2.87. The highest BCUT2D eigenvalue weighted by atomic mass is 16.2. The van der Waals surface area contributed by atoms with E-state index in [1.54, 1.807) is 0 Å². The van der Waals surface area contributed by atoms with Crippen molar-refractivity contribution in [2.75, 3.05) is 6.54 Å². The largest absolute Gasteiger partial charge is 0.336 e. The van der Waals surface area contributed by atoms with Crippen LogP contribution in [-0.2, 0) is 29.2 Å². The fourth-order valence-electron chi connectivity index (χ4n) is 2.30. The summed E-state index contributed by atoms with van der Waals surface area (Å²) < 4.78 is 2.51. The van der Waals surface area contributed by atoms with E-state index in [0.29, 0.717) is 0 Å². The monoisotopic (exact) mass is 332 g/mol. The number of hydrogen-bond donors (Lipinski definition) is 0. The maximum absolute atomic E-state index is 12.4. The van der Waals surface area contributed by atoms with Gasteiger partial charge in [-0.15, -0.1) is 13.2 Å². The molecule has 0 atom stereocenters. The predicted octanol–water partition coefficient (Wildman–Crippen LogP) is -1.53. The van der Waals surface area contributed by atoms with Crippen LogP contribution in [0, 0.1) is 0 Å². The molecule has 0 unspecified atom stereocenters. The molecule has 1 aliphatic rings. The Morgan fingerprint density at radius 1 is 0.708 bits per heavy atom. The van der Waals surface area contributed by atoms with E-state index in [4.69, 9.17) is 0 Å². The van der Waals surface area contributed by atoms with Crippen LogP contribution in [0.25, 0.3) is 0 Å². The fourth-order valence-corrected chi connectivity index (χ4v) is 2.30. The van der Waals surface area contributed by atoms with Gasteiger partial charge in [-0.05, 0) is 0 Å². The van der Waals surface area contributed by atoms with E-state index in [-0.39, 0.29) is 26.2 Å². The number of carbonyl (C=O) groups is 2. The van der Waals surface area contributed by atoms with E-state index in [2.05, 4.69) is 13.2 Å². The molecule has 0 saturated heterocycles. The lowest BCUT2D eigenvalue weighted by Gasteiger charge is -2.16. The van der Waals surface area contributed by atoms with Gasteiger partial charge in [0.15, 0.2) is 0 Å². The highest BCUT2D eigenvalue weighted by molar-refractivity contribution is 6.12. The summed E-state index contributed by atoms with van der Waals surface area (Å²) in [5.74, 6) is -1.03. The van der Waals surface area contributed by atoms with Crippen LogP contribution in [0.1, 0.15) is 0 Å². The van der Waals surface area contributed by atoms with E-state index < -0.39 is 28.9 Å². The molecule has 0 bridgehead atoms. The maximum Gasteiger partial charge on any atom is 0.336 e. The molecule has 0 saturated carbocycles. The van der Waals surface area contributed by atoms with Gasteiger partial charge in [-0.1, -0.05) is 12.2 Å². The van der Waals surface area contributed by atoms with Gasteiger partial charge in [0.25, 0.3) is 11.8 Å². The minimum absolute atomic E-state index is 0.0712. The number of carbonyl (C=O) groups excluding carboxylic acids is 2. The predicted molar refractivity (Wildman–Crippen MR) is 85.5 cm³/mol. The summed E-state index contributed by atoms with van der Waals surface area (Å²) in [6, 6.07) is 0. The molecule has 1 aromatic heterocycles. The van der Waals surface area contributed by atoms with Crippen molar-refractivity contribution >= 4 is 11.8 Å². The van der Waals surface area contributed by atoms with Crippen LogP contribution in [0.4, 0.5) is 0 Å². The van der Waals surface area contributed by atoms with E-state index in [1.165, 1.54) is 12.2 Å². The Bertz CT molecular complexity index is 849. The third-order valence-corrected chi connectivity index (χ3v) is 3.46. The lowest BCUT2D eigenvalue weighted by Crippen LogP contribution is -2.55. The van der Waals surface area contributed by atoms with Crippen molar-refractivity contribution in [1.29, 1.82) is 0 Å². The third kappa shape index (κ3) is 2.96. The molecular formula is C15H16N4O5. The SMILES string of the molecule is C=CCn1c(=O)n(CC=C)c(=O)n(CCN2C(=O)C=CC2=O)c1=O. The minimum atomic E-state index is -0.822. The van der Waals surface area contributed by atoms with Crippen LogP contribution in [0.2, 0.25) is 0 Å². The van der Waals surface area contributed by atoms with Crippen LogP contribution in [-0.4, -0.2) is 37.0 Å². The Kier molecular flexibility index (Phi) is 4.93. The topological polar surface area (TPSA) is 103 Å². The van der Waals surface area contributed by atoms with Crippen molar-refractivity contribution in [2.24, 2.45) is 0 Å². The molecule has 2 amide bonds. The van der Waals surface area contributed by atoms with E-state index in [0.717, 1.165) is 30.8 Å². The van der Waals surface area contributed by atoms with Gasteiger partial charge < -0.3 is 0 Å². The van der Waals surface area contributed by atoms with Crippen molar-refractivity contribution in [3.05, 3.63) is 68.9 Å². The Hall–Kier alpha value is -3.23. The van der Waals surface area contributed by atoms with E-state index >= 15 is 0 Å². The molecule has 2 heterocycles. The summed E-state index contributed by atoms with van der Waals surface area (Å²) >= 11 is 0. The number of amides is 2. The van der Waals surface area contributed by atoms with Gasteiger partial charge in [0.1, 0.15) is 0 Å². The summed E-state index contributed by atoms with van der Waals surface area (Å²) in [6.07, 6.45) is 4.93. The number of hydrogen-bond acceptors (Lipinski definition) is 5. The molecule has 9 nitrogen and oxygen atoms in total. The minimum Gasteiger partial charge on any atom is -0.274 e. The lowest BCUT2D eigenvalue weighted by atomic mass is 10.5. The second-order valence-corrected chi connectivity index (χ2v) is 4.96. The molecule has 0 aromatic carbocycles. The van der Waals surface area contributed by atoms with Crippen LogP contribution in [0.15, 0.2) is 51.8 Å². The maximum atomic E-state index is 12.4. The number of nitrogens with zero attached hydrogens (tertiary/aromatic N) is 4. The van der Waals surface area contributed by atoms with Crippen molar-refractivity contribution in [2.45, 2.75) is 19.6 Å². The van der Waals surface area contributed by atoms with Gasteiger partial charge in [0, 0.05) is 18.7 Å². The summed E-state index contributed by atoms with van der Waals surface area (Å²) in [7, 11) is 0. The van der Waals surface area contributed by atoms with Crippen molar-refractivity contribution < 1.29 is 9.59 Å². The van der Waals surface area contributed by atoms with Crippen LogP contribution >= 0.6 is 0 Å². The number of imide groups is 1. The molecule has 0 aliphatic carbocycles. The highest BCUT2D eigenvalue weighted by Gasteiger charge is 2.24. The first-order valence-electron chi connectivity index (χ1n) is 7.12. The van der Waals surface area contributed by atoms with Gasteiger partial charge >= 0.3 is 17.1 Å². The first-order chi connectivity index (χ1) is 11.4. The third-order valence-electron chi connectivity index (χ3n) is 3.46. The van der Waals surface area contributed by atoms with Gasteiger partial charge in [-0.2, -0.15) is 0 Å². The molecule has 1 aromatic rings. The van der Waals surface area contributed by atoms with Gasteiger partial charge in [0.05, 0.1) is 19.6 Å². The van der Waals surface area contributed by atoms with Crippen molar-refractivity contribution in [3.8, 4) is 0 Å². The van der Waals surface area contributed by atoms with Gasteiger partial charge in [-0.3, -0.25) is 14.5 Å². The summed E-state index contributed by atoms with van der Waals surface area (Å²) in [6.45, 7) is 6.44. The molecule has 0 fully saturated rings. The zero-order chi connectivity index (χ0) is 17.9. The fraction of sp³-hybridized carbons (Fsp3) is 0.267. The summed E-state index contributed by atoms with van der Waals surface area (Å²) in [5.41, 5.74) is -2.41. The van der Waals surface area contributed by atoms with Crippen LogP contribution in [0.3, 0.4) is 0 Å². The second kappa shape index (κ2) is 6.90. The molecular weight excluding hydrogens is 316 g/mol. The van der Waals surface area contributed by atoms with Crippen LogP contribution in [0.5, 0.6) is 0 Å². The zero-order valence-corrected chi connectivity index (χ0v) is 12.9. The highest BCUT2D eigenvalue weighted by Crippen LogP contribution is 2.02. The number of aromatic nitrogens is 3. The summed E-state index contributed by atoms with van der Waals surface area (Å²) in [4.78, 5) is 60.9. The lowest BCUT2D eigenvalue weighted by molar-refractivity contribution is -0.136. The Labute approximate surface area is 136 Å². The normalized spacial score (nSPS) is 13.6. The molecule has 9 heteroatoms. The number of allylic oxidation sites excluding steroid dienone is 2. The van der Waals surface area contributed by atoms with E-state index in [1.807, 2.05) is 0 Å². The smallest absolute Gasteiger partial charge is 0.274 e. The Morgan fingerprint density at radius 2 is 1.12 bits per heavy atom. The number of rotatable bonds is 7. The van der Waals surface area contributed by atoms with Crippen molar-refractivity contribution in [3.63, 3.8) is 0 Å². The molecule has 0 spiro atoms. The Morgan fingerprint density at radius 3 is 1.54 bits per heavy atom. The first kappa shape index (κ1) is 17.1. The first-order valence-corrected chi connectivity index (χ1v) is 7.12. The molecule has 1 aliphatic heterocycles. The quantitative estimate of drug-likeness (QED) is 0.445. The summed E-state index contributed by atoms with van der Waals surface area (Å²) in [5, 5.41) is 0. The molecule has 126 valence electrons. The van der Waals surface area contributed by atoms with Gasteiger partial charge in [0.2, 0.25) is 0 Å². The molecule has 24 heavy (non-hydrogen) atoms. The second-order valence-electron chi connectivity index (χ2n) is 4.96. The molecule has 2 rings (SSSR count). The zero-order valence-electron chi connectivity index (χ0n) is 12.9. The average molecular weight is 332 g/mol. The van der Waals surface area contributed by atoms with Crippen LogP contribution < -0.4 is 17.1 Å². The molecule has 0 N–H and O–H groups in total. The van der Waals surface area contributed by atoms with Gasteiger partial charge in [-0.25, -0.2) is 28.1 Å².